The number of likely N-dealkylation sites (tertiary alicyclic amines) is 1. The summed E-state index contributed by atoms with van der Waals surface area (Å²) in [6, 6.07) is 11.7. The van der Waals surface area contributed by atoms with Crippen LogP contribution in [0.4, 0.5) is 13.6 Å². The van der Waals surface area contributed by atoms with E-state index < -0.39 is 29.7 Å². The Morgan fingerprint density at radius 2 is 1.80 bits per heavy atom. The molecule has 7 nitrogen and oxygen atoms in total. The van der Waals surface area contributed by atoms with E-state index in [9.17, 15) is 23.5 Å². The van der Waals surface area contributed by atoms with Crippen LogP contribution in [-0.4, -0.2) is 82.8 Å². The smallest absolute Gasteiger partial charge is 0.321 e. The van der Waals surface area contributed by atoms with Gasteiger partial charge in [0.2, 0.25) is 0 Å². The van der Waals surface area contributed by atoms with Crippen molar-refractivity contribution < 1.29 is 28.6 Å². The molecule has 1 saturated heterocycles. The molecule has 2 aromatic carbocycles. The Bertz CT molecular complexity index is 1120. The summed E-state index contributed by atoms with van der Waals surface area (Å²) in [5, 5.41) is 19.6. The lowest BCUT2D eigenvalue weighted by Gasteiger charge is -2.42. The minimum atomic E-state index is -1.25. The molecule has 2 aromatic rings. The van der Waals surface area contributed by atoms with Crippen LogP contribution in [-0.2, 0) is 10.3 Å². The number of carboxylic acids is 1. The molecule has 2 aliphatic heterocycles. The summed E-state index contributed by atoms with van der Waals surface area (Å²) in [4.78, 5) is 29.8. The van der Waals surface area contributed by atoms with Gasteiger partial charge in [-0.25, -0.2) is 13.6 Å². The first-order chi connectivity index (χ1) is 16.7. The van der Waals surface area contributed by atoms with Gasteiger partial charge in [0.05, 0.1) is 13.2 Å². The Balaban J connectivity index is 1.64. The van der Waals surface area contributed by atoms with Crippen LogP contribution in [0, 0.1) is 11.6 Å². The van der Waals surface area contributed by atoms with Crippen LogP contribution in [0.3, 0.4) is 0 Å². The third-order valence-corrected chi connectivity index (χ3v) is 7.01. The van der Waals surface area contributed by atoms with Gasteiger partial charge in [0.15, 0.2) is 0 Å². The number of carbonyl (C=O) groups is 2. The molecule has 186 valence electrons. The van der Waals surface area contributed by atoms with Crippen LogP contribution >= 0.6 is 0 Å². The van der Waals surface area contributed by atoms with E-state index in [2.05, 4.69) is 0 Å². The van der Waals surface area contributed by atoms with Crippen molar-refractivity contribution in [2.24, 2.45) is 0 Å². The molecule has 0 bridgehead atoms. The fourth-order valence-corrected chi connectivity index (χ4v) is 5.06. The largest absolute Gasteiger partial charge is 0.480 e. The molecule has 2 heterocycles. The molecular weight excluding hydrogens is 456 g/mol. The lowest BCUT2D eigenvalue weighted by Crippen LogP contribution is -2.56. The second-order valence-electron chi connectivity index (χ2n) is 9.12. The van der Waals surface area contributed by atoms with Crippen molar-refractivity contribution in [2.75, 3.05) is 39.8 Å². The van der Waals surface area contributed by atoms with Crippen molar-refractivity contribution in [1.82, 2.24) is 14.7 Å². The second-order valence-corrected chi connectivity index (χ2v) is 9.12. The van der Waals surface area contributed by atoms with Crippen molar-refractivity contribution in [2.45, 2.75) is 24.4 Å². The van der Waals surface area contributed by atoms with Crippen molar-refractivity contribution in [1.29, 1.82) is 0 Å². The number of hydrogen-bond acceptors (Lipinski definition) is 4. The van der Waals surface area contributed by atoms with Crippen molar-refractivity contribution in [3.05, 3.63) is 77.4 Å². The van der Waals surface area contributed by atoms with E-state index in [1.165, 1.54) is 4.90 Å². The van der Waals surface area contributed by atoms with Crippen molar-refractivity contribution in [3.8, 4) is 0 Å². The first-order valence-electron chi connectivity index (χ1n) is 11.6. The Morgan fingerprint density at radius 1 is 1.11 bits per heavy atom. The molecule has 0 aromatic heterocycles. The van der Waals surface area contributed by atoms with Crippen LogP contribution in [0.15, 0.2) is 54.6 Å². The third-order valence-electron chi connectivity index (χ3n) is 7.01. The number of rotatable bonds is 6. The quantitative estimate of drug-likeness (QED) is 0.657. The average molecular weight is 486 g/mol. The maximum Gasteiger partial charge on any atom is 0.321 e. The lowest BCUT2D eigenvalue weighted by molar-refractivity contribution is -0.138. The Labute approximate surface area is 202 Å². The summed E-state index contributed by atoms with van der Waals surface area (Å²) in [6.45, 7) is 0.627. The zero-order valence-electron chi connectivity index (χ0n) is 19.5. The van der Waals surface area contributed by atoms with Gasteiger partial charge in [-0.3, -0.25) is 9.69 Å². The van der Waals surface area contributed by atoms with E-state index in [0.717, 1.165) is 18.2 Å². The molecule has 1 fully saturated rings. The fraction of sp³-hybridized carbons (Fsp3) is 0.385. The second kappa shape index (κ2) is 10.1. The van der Waals surface area contributed by atoms with Crippen LogP contribution in [0.2, 0.25) is 0 Å². The van der Waals surface area contributed by atoms with Gasteiger partial charge in [0.25, 0.3) is 0 Å². The van der Waals surface area contributed by atoms with E-state index in [0.29, 0.717) is 37.1 Å². The summed E-state index contributed by atoms with van der Waals surface area (Å²) in [7, 11) is 1.69. The number of nitrogens with zero attached hydrogens (tertiary/aromatic N) is 3. The molecule has 9 heteroatoms. The predicted octanol–water partition coefficient (Wildman–Crippen LogP) is 3.15. The van der Waals surface area contributed by atoms with E-state index in [1.807, 2.05) is 11.0 Å². The first-order valence-corrected chi connectivity index (χ1v) is 11.6. The van der Waals surface area contributed by atoms with Crippen LogP contribution in [0.25, 0.3) is 5.57 Å². The van der Waals surface area contributed by atoms with E-state index >= 15 is 0 Å². The Hall–Kier alpha value is -3.30. The number of aliphatic hydroxyl groups is 1. The minimum Gasteiger partial charge on any atom is -0.480 e. The number of carbonyl (C=O) groups excluding carboxylic acids is 1. The van der Waals surface area contributed by atoms with Crippen molar-refractivity contribution >= 4 is 17.6 Å². The third kappa shape index (κ3) is 4.92. The molecule has 4 rings (SSSR count). The van der Waals surface area contributed by atoms with E-state index in [4.69, 9.17) is 5.11 Å². The summed E-state index contributed by atoms with van der Waals surface area (Å²) in [5.41, 5.74) is -0.117. The number of halogens is 2. The number of hydrogen-bond donors (Lipinski definition) is 2. The maximum absolute atomic E-state index is 14.7. The van der Waals surface area contributed by atoms with Gasteiger partial charge < -0.3 is 20.0 Å². The molecule has 35 heavy (non-hydrogen) atoms. The minimum absolute atomic E-state index is 0.00311. The monoisotopic (exact) mass is 485 g/mol. The standard InChI is InChI=1S/C26H29F2N3O4/c1-29(21-9-11-30(12-10-21)16-24(33)34)25(35)31-15-18(22-13-20(27)7-8-23(22)28)14-26(31,17-32)19-5-3-2-4-6-19/h2-8,13-14,21,32H,9-12,15-17H2,1H3,(H,33,34). The molecule has 0 aliphatic carbocycles. The van der Waals surface area contributed by atoms with Gasteiger partial charge in [-0.1, -0.05) is 30.3 Å². The summed E-state index contributed by atoms with van der Waals surface area (Å²) < 4.78 is 28.6. The molecule has 0 radical (unpaired) electrons. The number of aliphatic carboxylic acids is 1. The van der Waals surface area contributed by atoms with E-state index in [1.54, 1.807) is 42.3 Å². The van der Waals surface area contributed by atoms with Crippen LogP contribution < -0.4 is 0 Å². The Kier molecular flexibility index (Phi) is 7.18. The summed E-state index contributed by atoms with van der Waals surface area (Å²) in [6.07, 6.45) is 2.88. The highest BCUT2D eigenvalue weighted by Crippen LogP contribution is 2.41. The number of piperidine rings is 1. The summed E-state index contributed by atoms with van der Waals surface area (Å²) in [5.74, 6) is -2.08. The molecule has 2 aliphatic rings. The molecule has 2 N–H and O–H groups in total. The zero-order valence-corrected chi connectivity index (χ0v) is 19.5. The van der Waals surface area contributed by atoms with Gasteiger partial charge in [-0.05, 0) is 48.3 Å². The molecule has 1 unspecified atom stereocenters. The lowest BCUT2D eigenvalue weighted by atomic mass is 9.89. The van der Waals surface area contributed by atoms with E-state index in [-0.39, 0.29) is 30.7 Å². The molecule has 0 spiro atoms. The fourth-order valence-electron chi connectivity index (χ4n) is 5.06. The topological polar surface area (TPSA) is 84.3 Å². The molecule has 1 atom stereocenters. The summed E-state index contributed by atoms with van der Waals surface area (Å²) >= 11 is 0. The molecule has 2 amide bonds. The zero-order chi connectivity index (χ0) is 25.2. The van der Waals surface area contributed by atoms with Crippen LogP contribution in [0.5, 0.6) is 0 Å². The normalized spacial score (nSPS) is 21.1. The highest BCUT2D eigenvalue weighted by Gasteiger charge is 2.46. The number of carboxylic acid groups (broad SMARTS) is 1. The number of benzene rings is 2. The SMILES string of the molecule is CN(C(=O)N1CC(c2cc(F)ccc2F)=CC1(CO)c1ccccc1)C1CCN(CC(=O)O)CC1. The molecule has 0 saturated carbocycles. The van der Waals surface area contributed by atoms with Gasteiger partial charge in [-0.2, -0.15) is 0 Å². The highest BCUT2D eigenvalue weighted by molar-refractivity contribution is 5.83. The number of urea groups is 1. The van der Waals surface area contributed by atoms with Crippen LogP contribution in [0.1, 0.15) is 24.0 Å². The van der Waals surface area contributed by atoms with Gasteiger partial charge in [0, 0.05) is 38.3 Å². The van der Waals surface area contributed by atoms with Gasteiger partial charge in [0.1, 0.15) is 17.2 Å². The highest BCUT2D eigenvalue weighted by atomic mass is 19.1. The predicted molar refractivity (Wildman–Crippen MR) is 127 cm³/mol. The molecular formula is C26H29F2N3O4. The maximum atomic E-state index is 14.7. The van der Waals surface area contributed by atoms with Gasteiger partial charge in [-0.15, -0.1) is 0 Å². The van der Waals surface area contributed by atoms with Crippen molar-refractivity contribution in [3.63, 3.8) is 0 Å². The van der Waals surface area contributed by atoms with Gasteiger partial charge >= 0.3 is 12.0 Å². The number of amides is 2. The average Bonchev–Trinajstić information content (AvgIpc) is 3.26. The number of aliphatic hydroxyl groups excluding tert-OH is 1. The first kappa shape index (κ1) is 24.8. The Morgan fingerprint density at radius 3 is 2.43 bits per heavy atom.